The largest absolute Gasteiger partial charge is 0.352 e. The maximum atomic E-state index is 13.8. The number of aryl methyl sites for hydroxylation is 1. The zero-order valence-corrected chi connectivity index (χ0v) is 21.9. The summed E-state index contributed by atoms with van der Waals surface area (Å²) in [4.78, 5) is 30.4. The van der Waals surface area contributed by atoms with Crippen molar-refractivity contribution in [2.24, 2.45) is 0 Å². The van der Waals surface area contributed by atoms with Gasteiger partial charge < -0.3 is 10.2 Å². The maximum Gasteiger partial charge on any atom is 0.243 e. The van der Waals surface area contributed by atoms with E-state index in [1.807, 2.05) is 65.6 Å². The molecule has 0 heterocycles. The lowest BCUT2D eigenvalue weighted by Crippen LogP contribution is -2.52. The molecule has 1 aliphatic carbocycles. The fraction of sp³-hybridized carbons (Fsp3) is 0.355. The molecule has 4 rings (SSSR count). The number of carbonyl (C=O) groups excluding carboxylic acids is 2. The Labute approximate surface area is 219 Å². The Morgan fingerprint density at radius 1 is 0.917 bits per heavy atom. The third kappa shape index (κ3) is 7.47. The van der Waals surface area contributed by atoms with Gasteiger partial charge in [-0.2, -0.15) is 0 Å². The Morgan fingerprint density at radius 2 is 1.56 bits per heavy atom. The second kappa shape index (κ2) is 13.3. The summed E-state index contributed by atoms with van der Waals surface area (Å²) in [6.45, 7) is 2.49. The van der Waals surface area contributed by atoms with Gasteiger partial charge in [-0.3, -0.25) is 9.59 Å². The minimum absolute atomic E-state index is 0.0178. The molecule has 1 fully saturated rings. The summed E-state index contributed by atoms with van der Waals surface area (Å²) in [5, 5.41) is 3.28. The van der Waals surface area contributed by atoms with Gasteiger partial charge in [-0.15, -0.1) is 11.8 Å². The van der Waals surface area contributed by atoms with Crippen LogP contribution in [-0.4, -0.2) is 34.6 Å². The van der Waals surface area contributed by atoms with E-state index < -0.39 is 6.04 Å². The van der Waals surface area contributed by atoms with Crippen LogP contribution in [0.3, 0.4) is 0 Å². The molecule has 0 unspecified atom stereocenters. The first-order chi connectivity index (χ1) is 17.6. The summed E-state index contributed by atoms with van der Waals surface area (Å²) >= 11 is 1.68. The highest BCUT2D eigenvalue weighted by Gasteiger charge is 2.32. The van der Waals surface area contributed by atoms with Crippen molar-refractivity contribution in [3.05, 3.63) is 102 Å². The van der Waals surface area contributed by atoms with Crippen molar-refractivity contribution < 1.29 is 9.59 Å². The molecule has 1 aliphatic rings. The zero-order valence-electron chi connectivity index (χ0n) is 21.1. The van der Waals surface area contributed by atoms with E-state index >= 15 is 0 Å². The zero-order chi connectivity index (χ0) is 25.2. The SMILES string of the molecule is Cc1ccccc1CN(C(=O)CCSc1ccccc1)[C@@H](Cc1ccccc1)C(=O)NC1CCCC1. The fourth-order valence-electron chi connectivity index (χ4n) is 4.81. The van der Waals surface area contributed by atoms with Gasteiger partial charge in [0, 0.05) is 36.1 Å². The number of carbonyl (C=O) groups is 2. The van der Waals surface area contributed by atoms with Gasteiger partial charge in [0.1, 0.15) is 6.04 Å². The van der Waals surface area contributed by atoms with E-state index in [4.69, 9.17) is 0 Å². The second-order valence-corrected chi connectivity index (χ2v) is 10.7. The Morgan fingerprint density at radius 3 is 2.25 bits per heavy atom. The molecule has 1 saturated carbocycles. The Hall–Kier alpha value is -3.05. The van der Waals surface area contributed by atoms with Crippen molar-refractivity contribution in [2.75, 3.05) is 5.75 Å². The highest BCUT2D eigenvalue weighted by molar-refractivity contribution is 7.99. The number of hydrogen-bond acceptors (Lipinski definition) is 3. The van der Waals surface area contributed by atoms with Gasteiger partial charge in [0.05, 0.1) is 0 Å². The summed E-state index contributed by atoms with van der Waals surface area (Å²) in [7, 11) is 0. The molecular formula is C31H36N2O2S. The first-order valence-electron chi connectivity index (χ1n) is 13.0. The molecule has 2 amide bonds. The van der Waals surface area contributed by atoms with Crippen LogP contribution < -0.4 is 5.32 Å². The molecule has 1 atom stereocenters. The lowest BCUT2D eigenvalue weighted by Gasteiger charge is -2.33. The number of hydrogen-bond donors (Lipinski definition) is 1. The summed E-state index contributed by atoms with van der Waals surface area (Å²) in [5.74, 6) is 0.655. The Bertz CT molecular complexity index is 1110. The Kier molecular flexibility index (Phi) is 9.62. The van der Waals surface area contributed by atoms with E-state index in [9.17, 15) is 9.59 Å². The van der Waals surface area contributed by atoms with Crippen molar-refractivity contribution in [1.82, 2.24) is 10.2 Å². The molecule has 0 aromatic heterocycles. The van der Waals surface area contributed by atoms with Crippen LogP contribution in [0.2, 0.25) is 0 Å². The van der Waals surface area contributed by atoms with E-state index in [2.05, 4.69) is 36.5 Å². The predicted octanol–water partition coefficient (Wildman–Crippen LogP) is 6.18. The summed E-state index contributed by atoms with van der Waals surface area (Å²) in [6, 6.07) is 28.0. The van der Waals surface area contributed by atoms with E-state index in [1.54, 1.807) is 11.8 Å². The molecule has 0 aliphatic heterocycles. The third-order valence-corrected chi connectivity index (χ3v) is 7.92. The van der Waals surface area contributed by atoms with Crippen LogP contribution >= 0.6 is 11.8 Å². The molecule has 3 aromatic carbocycles. The molecule has 36 heavy (non-hydrogen) atoms. The summed E-state index contributed by atoms with van der Waals surface area (Å²) in [6.07, 6.45) is 5.22. The van der Waals surface area contributed by atoms with E-state index in [-0.39, 0.29) is 17.9 Å². The molecule has 1 N–H and O–H groups in total. The molecule has 0 saturated heterocycles. The van der Waals surface area contributed by atoms with Gasteiger partial charge in [-0.05, 0) is 48.6 Å². The van der Waals surface area contributed by atoms with E-state index in [1.165, 1.54) is 0 Å². The van der Waals surface area contributed by atoms with Crippen molar-refractivity contribution in [3.63, 3.8) is 0 Å². The van der Waals surface area contributed by atoms with Crippen LogP contribution in [0.4, 0.5) is 0 Å². The predicted molar refractivity (Wildman–Crippen MR) is 148 cm³/mol. The number of rotatable bonds is 11. The van der Waals surface area contributed by atoms with Crippen molar-refractivity contribution >= 4 is 23.6 Å². The minimum Gasteiger partial charge on any atom is -0.352 e. The molecule has 4 nitrogen and oxygen atoms in total. The second-order valence-electron chi connectivity index (χ2n) is 9.56. The number of benzene rings is 3. The number of amides is 2. The topological polar surface area (TPSA) is 49.4 Å². The summed E-state index contributed by atoms with van der Waals surface area (Å²) in [5.41, 5.74) is 3.27. The minimum atomic E-state index is -0.554. The molecule has 3 aromatic rings. The molecule has 5 heteroatoms. The van der Waals surface area contributed by atoms with E-state index in [0.717, 1.165) is 47.3 Å². The first-order valence-corrected chi connectivity index (χ1v) is 13.9. The van der Waals surface area contributed by atoms with Crippen LogP contribution in [0.15, 0.2) is 89.8 Å². The standard InChI is InChI=1S/C31H36N2O2S/c1-24-12-8-9-15-26(24)23-33(30(34)20-21-36-28-18-6-3-7-19-28)29(22-25-13-4-2-5-14-25)31(35)32-27-16-10-11-17-27/h2-9,12-15,18-19,27,29H,10-11,16-17,20-23H2,1H3,(H,32,35)/t29-/m0/s1. The quantitative estimate of drug-likeness (QED) is 0.320. The number of thioether (sulfide) groups is 1. The lowest BCUT2D eigenvalue weighted by atomic mass is 10.0. The average Bonchev–Trinajstić information content (AvgIpc) is 3.41. The van der Waals surface area contributed by atoms with Gasteiger partial charge >= 0.3 is 0 Å². The number of nitrogens with one attached hydrogen (secondary N) is 1. The average molecular weight is 501 g/mol. The van der Waals surface area contributed by atoms with E-state index in [0.29, 0.717) is 25.1 Å². The highest BCUT2D eigenvalue weighted by Crippen LogP contribution is 2.23. The van der Waals surface area contributed by atoms with Gasteiger partial charge in [-0.1, -0.05) is 85.6 Å². The van der Waals surface area contributed by atoms with Gasteiger partial charge in [0.2, 0.25) is 11.8 Å². The molecule has 0 spiro atoms. The molecular weight excluding hydrogens is 464 g/mol. The molecule has 188 valence electrons. The van der Waals surface area contributed by atoms with Gasteiger partial charge in [-0.25, -0.2) is 0 Å². The Balaban J connectivity index is 1.57. The van der Waals surface area contributed by atoms with Crippen LogP contribution in [0.1, 0.15) is 48.8 Å². The highest BCUT2D eigenvalue weighted by atomic mass is 32.2. The summed E-state index contributed by atoms with van der Waals surface area (Å²) < 4.78 is 0. The molecule has 0 radical (unpaired) electrons. The molecule has 0 bridgehead atoms. The van der Waals surface area contributed by atoms with Gasteiger partial charge in [0.25, 0.3) is 0 Å². The number of nitrogens with zero attached hydrogens (tertiary/aromatic N) is 1. The van der Waals surface area contributed by atoms with Gasteiger partial charge in [0.15, 0.2) is 0 Å². The van der Waals surface area contributed by atoms with Crippen LogP contribution in [0, 0.1) is 6.92 Å². The normalized spacial score (nSPS) is 14.4. The lowest BCUT2D eigenvalue weighted by molar-refractivity contribution is -0.141. The fourth-order valence-corrected chi connectivity index (χ4v) is 5.67. The maximum absolute atomic E-state index is 13.8. The van der Waals surface area contributed by atoms with Crippen LogP contribution in [-0.2, 0) is 22.6 Å². The monoisotopic (exact) mass is 500 g/mol. The smallest absolute Gasteiger partial charge is 0.243 e. The third-order valence-electron chi connectivity index (χ3n) is 6.90. The van der Waals surface area contributed by atoms with Crippen LogP contribution in [0.5, 0.6) is 0 Å². The van der Waals surface area contributed by atoms with Crippen molar-refractivity contribution in [2.45, 2.75) is 69.0 Å². The van der Waals surface area contributed by atoms with Crippen molar-refractivity contribution in [3.8, 4) is 0 Å². The van der Waals surface area contributed by atoms with Crippen molar-refractivity contribution in [1.29, 1.82) is 0 Å². The first kappa shape index (κ1) is 26.0. The van der Waals surface area contributed by atoms with Crippen LogP contribution in [0.25, 0.3) is 0 Å².